The fourth-order valence-electron chi connectivity index (χ4n) is 2.12. The number of nitrogens with zero attached hydrogens (tertiary/aromatic N) is 2. The normalized spacial score (nSPS) is 10.6. The number of hydroxylamine groups is 1. The van der Waals surface area contributed by atoms with E-state index in [0.29, 0.717) is 23.9 Å². The van der Waals surface area contributed by atoms with E-state index in [1.54, 1.807) is 12.1 Å². The zero-order valence-corrected chi connectivity index (χ0v) is 13.3. The van der Waals surface area contributed by atoms with Gasteiger partial charge in [0, 0.05) is 18.4 Å². The molecule has 3 aromatic rings. The Labute approximate surface area is 143 Å². The fourth-order valence-corrected chi connectivity index (χ4v) is 2.12. The highest BCUT2D eigenvalue weighted by Crippen LogP contribution is 2.16. The molecule has 2 aromatic carbocycles. The predicted octanol–water partition coefficient (Wildman–Crippen LogP) is 3.06. The van der Waals surface area contributed by atoms with Gasteiger partial charge in [0.2, 0.25) is 17.6 Å². The summed E-state index contributed by atoms with van der Waals surface area (Å²) in [6.45, 7) is 0.294. The average molecular weight is 341 g/mol. The molecule has 1 aromatic heterocycles. The van der Waals surface area contributed by atoms with Crippen LogP contribution in [0.1, 0.15) is 17.9 Å². The maximum absolute atomic E-state index is 12.9. The van der Waals surface area contributed by atoms with Gasteiger partial charge in [-0.2, -0.15) is 4.98 Å². The summed E-state index contributed by atoms with van der Waals surface area (Å²) in [5.74, 6) is 0.0744. The van der Waals surface area contributed by atoms with Gasteiger partial charge in [-0.15, -0.1) is 0 Å². The quantitative estimate of drug-likeness (QED) is 0.668. The number of carbonyl (C=O) groups is 1. The second-order valence-electron chi connectivity index (χ2n) is 5.32. The van der Waals surface area contributed by atoms with Crippen LogP contribution in [0.4, 0.5) is 4.39 Å². The highest BCUT2D eigenvalue weighted by atomic mass is 19.1. The average Bonchev–Trinajstić information content (AvgIpc) is 3.10. The van der Waals surface area contributed by atoms with Crippen LogP contribution in [0, 0.1) is 5.82 Å². The number of amides is 1. The molecule has 0 aliphatic carbocycles. The Kier molecular flexibility index (Phi) is 5.48. The van der Waals surface area contributed by atoms with Crippen LogP contribution in [0.15, 0.2) is 59.1 Å². The Bertz CT molecular complexity index is 819. The highest BCUT2D eigenvalue weighted by Gasteiger charge is 2.11. The number of hydrogen-bond donors (Lipinski definition) is 1. The lowest BCUT2D eigenvalue weighted by molar-refractivity contribution is -0.134. The molecule has 3 rings (SSSR count). The summed E-state index contributed by atoms with van der Waals surface area (Å²) >= 11 is 0. The Morgan fingerprint density at radius 2 is 1.88 bits per heavy atom. The molecule has 0 bridgehead atoms. The molecule has 1 heterocycles. The maximum Gasteiger partial charge on any atom is 0.244 e. The van der Waals surface area contributed by atoms with Crippen LogP contribution < -0.4 is 5.48 Å². The van der Waals surface area contributed by atoms with Gasteiger partial charge < -0.3 is 4.52 Å². The standard InChI is InChI=1S/C18H16FN3O3/c19-15-8-6-14(7-9-15)18-20-17(25-22-18)11-10-16(23)21-24-12-13-4-2-1-3-5-13/h1-9H,10-12H2,(H,21,23). The monoisotopic (exact) mass is 341 g/mol. The van der Waals surface area contributed by atoms with Gasteiger partial charge in [-0.1, -0.05) is 35.5 Å². The van der Waals surface area contributed by atoms with E-state index in [1.165, 1.54) is 12.1 Å². The van der Waals surface area contributed by atoms with Crippen molar-refractivity contribution in [2.45, 2.75) is 19.4 Å². The second-order valence-corrected chi connectivity index (χ2v) is 5.32. The minimum atomic E-state index is -0.334. The van der Waals surface area contributed by atoms with Gasteiger partial charge >= 0.3 is 0 Å². The van der Waals surface area contributed by atoms with E-state index in [4.69, 9.17) is 9.36 Å². The van der Waals surface area contributed by atoms with Crippen LogP contribution in [0.5, 0.6) is 0 Å². The van der Waals surface area contributed by atoms with Crippen LogP contribution >= 0.6 is 0 Å². The van der Waals surface area contributed by atoms with E-state index in [1.807, 2.05) is 30.3 Å². The lowest BCUT2D eigenvalue weighted by Gasteiger charge is -2.04. The molecule has 0 saturated carbocycles. The van der Waals surface area contributed by atoms with Crippen molar-refractivity contribution < 1.29 is 18.5 Å². The Morgan fingerprint density at radius 3 is 2.64 bits per heavy atom. The van der Waals surface area contributed by atoms with E-state index in [2.05, 4.69) is 15.6 Å². The van der Waals surface area contributed by atoms with Gasteiger partial charge in [-0.05, 0) is 29.8 Å². The van der Waals surface area contributed by atoms with Crippen molar-refractivity contribution in [2.24, 2.45) is 0 Å². The van der Waals surface area contributed by atoms with Gasteiger partial charge in [0.15, 0.2) is 0 Å². The fraction of sp³-hybridized carbons (Fsp3) is 0.167. The molecule has 0 fully saturated rings. The van der Waals surface area contributed by atoms with Crippen LogP contribution in [0.3, 0.4) is 0 Å². The maximum atomic E-state index is 12.9. The summed E-state index contributed by atoms with van der Waals surface area (Å²) in [6.07, 6.45) is 0.439. The number of aryl methyl sites for hydroxylation is 1. The molecule has 0 unspecified atom stereocenters. The molecule has 0 radical (unpaired) electrons. The van der Waals surface area contributed by atoms with E-state index in [0.717, 1.165) is 5.56 Å². The first-order chi connectivity index (χ1) is 12.2. The predicted molar refractivity (Wildman–Crippen MR) is 87.4 cm³/mol. The lowest BCUT2D eigenvalue weighted by atomic mass is 10.2. The van der Waals surface area contributed by atoms with E-state index in [-0.39, 0.29) is 24.6 Å². The largest absolute Gasteiger partial charge is 0.339 e. The van der Waals surface area contributed by atoms with Crippen molar-refractivity contribution in [3.63, 3.8) is 0 Å². The third-order valence-electron chi connectivity index (χ3n) is 3.40. The molecule has 6 nitrogen and oxygen atoms in total. The molecule has 1 amide bonds. The van der Waals surface area contributed by atoms with Gasteiger partial charge in [-0.25, -0.2) is 9.87 Å². The van der Waals surface area contributed by atoms with Crippen molar-refractivity contribution in [2.75, 3.05) is 0 Å². The van der Waals surface area contributed by atoms with Crippen LogP contribution in [0.25, 0.3) is 11.4 Å². The van der Waals surface area contributed by atoms with E-state index >= 15 is 0 Å². The van der Waals surface area contributed by atoms with Gasteiger partial charge in [0.1, 0.15) is 5.82 Å². The van der Waals surface area contributed by atoms with Crippen molar-refractivity contribution in [1.82, 2.24) is 15.6 Å². The lowest BCUT2D eigenvalue weighted by Crippen LogP contribution is -2.23. The van der Waals surface area contributed by atoms with Gasteiger partial charge in [0.25, 0.3) is 0 Å². The first kappa shape index (κ1) is 16.8. The van der Waals surface area contributed by atoms with Crippen molar-refractivity contribution in [3.05, 3.63) is 71.9 Å². The summed E-state index contributed by atoms with van der Waals surface area (Å²) in [4.78, 5) is 21.1. The van der Waals surface area contributed by atoms with Gasteiger partial charge in [-0.3, -0.25) is 9.63 Å². The Hall–Kier alpha value is -3.06. The first-order valence-corrected chi connectivity index (χ1v) is 7.74. The summed E-state index contributed by atoms with van der Waals surface area (Å²) in [5, 5.41) is 3.82. The van der Waals surface area contributed by atoms with Crippen LogP contribution in [-0.2, 0) is 22.7 Å². The molecule has 0 aliphatic rings. The summed E-state index contributed by atoms with van der Waals surface area (Å²) in [7, 11) is 0. The van der Waals surface area contributed by atoms with Crippen LogP contribution in [0.2, 0.25) is 0 Å². The number of aromatic nitrogens is 2. The molecule has 0 atom stereocenters. The number of nitrogens with one attached hydrogen (secondary N) is 1. The minimum absolute atomic E-state index is 0.153. The zero-order chi connectivity index (χ0) is 17.5. The van der Waals surface area contributed by atoms with Crippen LogP contribution in [-0.4, -0.2) is 16.0 Å². The number of rotatable bonds is 7. The summed E-state index contributed by atoms with van der Waals surface area (Å²) in [6, 6.07) is 15.3. The van der Waals surface area contributed by atoms with E-state index in [9.17, 15) is 9.18 Å². The molecule has 0 spiro atoms. The third-order valence-corrected chi connectivity index (χ3v) is 3.40. The topological polar surface area (TPSA) is 77.2 Å². The van der Waals surface area contributed by atoms with E-state index < -0.39 is 0 Å². The molecule has 1 N–H and O–H groups in total. The molecule has 128 valence electrons. The smallest absolute Gasteiger partial charge is 0.244 e. The van der Waals surface area contributed by atoms with Crippen molar-refractivity contribution in [3.8, 4) is 11.4 Å². The number of halogens is 1. The van der Waals surface area contributed by atoms with Gasteiger partial charge in [0.05, 0.1) is 6.61 Å². The Morgan fingerprint density at radius 1 is 1.12 bits per heavy atom. The van der Waals surface area contributed by atoms with Crippen molar-refractivity contribution in [1.29, 1.82) is 0 Å². The molecule has 0 aliphatic heterocycles. The molecular weight excluding hydrogens is 325 g/mol. The molecule has 0 saturated heterocycles. The highest BCUT2D eigenvalue weighted by molar-refractivity contribution is 5.74. The second kappa shape index (κ2) is 8.16. The summed E-state index contributed by atoms with van der Waals surface area (Å²) < 4.78 is 18.0. The SMILES string of the molecule is O=C(CCc1nc(-c2ccc(F)cc2)no1)NOCc1ccccc1. The molecule has 25 heavy (non-hydrogen) atoms. The number of hydrogen-bond acceptors (Lipinski definition) is 5. The molecule has 7 heteroatoms. The minimum Gasteiger partial charge on any atom is -0.339 e. The Balaban J connectivity index is 1.44. The third kappa shape index (κ3) is 4.95. The number of carbonyl (C=O) groups excluding carboxylic acids is 1. The van der Waals surface area contributed by atoms with Crippen molar-refractivity contribution >= 4 is 5.91 Å². The summed E-state index contributed by atoms with van der Waals surface area (Å²) in [5.41, 5.74) is 3.98. The number of benzene rings is 2. The first-order valence-electron chi connectivity index (χ1n) is 7.74. The zero-order valence-electron chi connectivity index (χ0n) is 13.3. The molecular formula is C18H16FN3O3.